The molecule has 24 nitrogen and oxygen atoms in total. The van der Waals surface area contributed by atoms with Gasteiger partial charge in [0.1, 0.15) is 5.69 Å². The average Bonchev–Trinajstić information content (AvgIpc) is 3.62. The van der Waals surface area contributed by atoms with Crippen LogP contribution in [0.25, 0.3) is 11.4 Å². The van der Waals surface area contributed by atoms with Crippen LogP contribution in [-0.4, -0.2) is 55.3 Å². The molecule has 0 unspecified atom stereocenters. The molecule has 0 spiro atoms. The fourth-order valence-corrected chi connectivity index (χ4v) is 6.21. The van der Waals surface area contributed by atoms with E-state index in [2.05, 4.69) is 30.7 Å². The van der Waals surface area contributed by atoms with E-state index in [1.807, 2.05) is 0 Å². The van der Waals surface area contributed by atoms with Gasteiger partial charge in [0.15, 0.2) is 5.69 Å². The van der Waals surface area contributed by atoms with Gasteiger partial charge in [0.25, 0.3) is 37.2 Å². The fraction of sp³-hybridized carbons (Fsp3) is 0.118. The summed E-state index contributed by atoms with van der Waals surface area (Å²) in [6.07, 6.45) is 0. The Balaban J connectivity index is 0.000000264. The minimum atomic E-state index is -4.39. The summed E-state index contributed by atoms with van der Waals surface area (Å²) < 4.78 is 64.5. The van der Waals surface area contributed by atoms with Gasteiger partial charge in [-0.3, -0.25) is 39.2 Å². The Morgan fingerprint density at radius 3 is 1.48 bits per heavy atom. The van der Waals surface area contributed by atoms with E-state index in [1.165, 1.54) is 50.2 Å². The molecule has 0 aliphatic rings. The SMILES string of the molecule is Cc1cc(N=Nc2c(C)[nH]n(-c3ccc(S(=O)(=O)O)cc3)c2=O)c([O-])c([N+](=O)[O-])c1.Cc1cc(N=Nc2c(C)nn(-c3ccc(S(=O)(=O)O)cc3)c2[O-])c([O-])c([N+](=O)[O-])c1.[Cr+3]. The van der Waals surface area contributed by atoms with Crippen LogP contribution in [0, 0.1) is 47.9 Å². The van der Waals surface area contributed by atoms with Crippen LogP contribution in [0.3, 0.4) is 0 Å². The van der Waals surface area contributed by atoms with Crippen LogP contribution in [0.4, 0.5) is 34.1 Å². The van der Waals surface area contributed by atoms with Gasteiger partial charge >= 0.3 is 17.4 Å². The molecule has 27 heteroatoms. The first-order chi connectivity index (χ1) is 28.0. The third-order valence-electron chi connectivity index (χ3n) is 8.10. The second-order valence-electron chi connectivity index (χ2n) is 12.5. The van der Waals surface area contributed by atoms with Gasteiger partial charge in [-0.05, 0) is 99.5 Å². The number of H-pyrrole nitrogens is 1. The van der Waals surface area contributed by atoms with E-state index in [4.69, 9.17) is 9.11 Å². The van der Waals surface area contributed by atoms with E-state index in [-0.39, 0.29) is 72.7 Å². The molecule has 6 rings (SSSR count). The van der Waals surface area contributed by atoms with Gasteiger partial charge in [0.05, 0.1) is 53.8 Å². The molecular formula is C34H27CrN10O14S2. The molecule has 0 bridgehead atoms. The number of benzene rings is 4. The molecule has 0 amide bonds. The molecule has 0 aliphatic heterocycles. The number of hydrogen-bond acceptors (Lipinski definition) is 17. The van der Waals surface area contributed by atoms with Crippen molar-refractivity contribution in [1.29, 1.82) is 0 Å². The van der Waals surface area contributed by atoms with E-state index < -0.39 is 64.4 Å². The summed E-state index contributed by atoms with van der Waals surface area (Å²) in [5, 5.41) is 80.5. The molecule has 61 heavy (non-hydrogen) atoms. The Labute approximate surface area is 353 Å². The smallest absolute Gasteiger partial charge is 0.866 e. The van der Waals surface area contributed by atoms with Gasteiger partial charge < -0.3 is 15.3 Å². The third-order valence-corrected chi connectivity index (χ3v) is 9.83. The maximum absolute atomic E-state index is 12.6. The first-order valence-electron chi connectivity index (χ1n) is 16.5. The largest absolute Gasteiger partial charge is 3.00 e. The normalized spacial score (nSPS) is 11.6. The number of azo groups is 2. The van der Waals surface area contributed by atoms with Gasteiger partial charge in [-0.2, -0.15) is 32.2 Å². The van der Waals surface area contributed by atoms with Crippen molar-refractivity contribution in [3.05, 3.63) is 126 Å². The maximum Gasteiger partial charge on any atom is 3.00 e. The number of nitro benzene ring substituents is 2. The van der Waals surface area contributed by atoms with Crippen molar-refractivity contribution in [2.45, 2.75) is 37.5 Å². The first-order valence-corrected chi connectivity index (χ1v) is 19.4. The third kappa shape index (κ3) is 10.4. The number of nitrogens with one attached hydrogen (secondary N) is 1. The van der Waals surface area contributed by atoms with Gasteiger partial charge in [0, 0.05) is 29.5 Å². The van der Waals surface area contributed by atoms with Crippen LogP contribution in [0.2, 0.25) is 0 Å². The van der Waals surface area contributed by atoms with Crippen LogP contribution in [0.1, 0.15) is 22.5 Å². The number of nitro groups is 2. The van der Waals surface area contributed by atoms with Crippen LogP contribution < -0.4 is 20.9 Å². The molecule has 2 heterocycles. The van der Waals surface area contributed by atoms with E-state index in [1.54, 1.807) is 13.8 Å². The molecule has 315 valence electrons. The Morgan fingerprint density at radius 1 is 0.656 bits per heavy atom. The van der Waals surface area contributed by atoms with Crippen LogP contribution in [0.15, 0.2) is 108 Å². The van der Waals surface area contributed by atoms with Crippen LogP contribution in [0.5, 0.6) is 17.4 Å². The Morgan fingerprint density at radius 2 is 1.07 bits per heavy atom. The predicted octanol–water partition coefficient (Wildman–Crippen LogP) is 4.63. The van der Waals surface area contributed by atoms with Gasteiger partial charge in [-0.15, -0.1) is 10.2 Å². The molecular weight excluding hydrogens is 889 g/mol. The second-order valence-corrected chi connectivity index (χ2v) is 15.3. The molecule has 2 aromatic heterocycles. The van der Waals surface area contributed by atoms with Gasteiger partial charge in [0.2, 0.25) is 0 Å². The zero-order valence-corrected chi connectivity index (χ0v) is 34.4. The fourth-order valence-electron chi connectivity index (χ4n) is 5.25. The monoisotopic (exact) mass is 915 g/mol. The van der Waals surface area contributed by atoms with Gasteiger partial charge in [-0.25, -0.2) is 9.36 Å². The van der Waals surface area contributed by atoms with Crippen molar-refractivity contribution >= 4 is 54.4 Å². The van der Waals surface area contributed by atoms with Gasteiger partial charge in [-0.1, -0.05) is 0 Å². The molecule has 0 fully saturated rings. The van der Waals surface area contributed by atoms with Crippen molar-refractivity contribution in [2.24, 2.45) is 20.5 Å². The molecule has 0 atom stereocenters. The Kier molecular flexibility index (Phi) is 13.7. The zero-order valence-electron chi connectivity index (χ0n) is 31.5. The first kappa shape index (κ1) is 46.5. The zero-order chi connectivity index (χ0) is 44.4. The second kappa shape index (κ2) is 18.0. The molecule has 6 aromatic rings. The quantitative estimate of drug-likeness (QED) is 0.0730. The van der Waals surface area contributed by atoms with Crippen molar-refractivity contribution in [3.8, 4) is 28.8 Å². The van der Waals surface area contributed by atoms with E-state index in [0.29, 0.717) is 11.1 Å². The maximum atomic E-state index is 12.6. The summed E-state index contributed by atoms with van der Waals surface area (Å²) in [5.74, 6) is -2.57. The number of nitrogens with zero attached hydrogens (tertiary/aromatic N) is 9. The number of hydrogen-bond donors (Lipinski definition) is 3. The molecule has 4 aromatic carbocycles. The molecule has 0 aliphatic carbocycles. The van der Waals surface area contributed by atoms with Crippen molar-refractivity contribution in [3.63, 3.8) is 0 Å². The topological polar surface area (TPSA) is 369 Å². The summed E-state index contributed by atoms with van der Waals surface area (Å²) in [5.41, 5.74) is -1.11. The molecule has 0 saturated heterocycles. The van der Waals surface area contributed by atoms with Crippen LogP contribution >= 0.6 is 0 Å². The summed E-state index contributed by atoms with van der Waals surface area (Å²) in [6, 6.07) is 14.4. The number of aromatic nitrogens is 4. The van der Waals surface area contributed by atoms with E-state index >= 15 is 0 Å². The summed E-state index contributed by atoms with van der Waals surface area (Å²) in [7, 11) is -8.77. The molecule has 0 saturated carbocycles. The Hall–Kier alpha value is -7.15. The Bertz CT molecular complexity index is 3040. The standard InChI is InChI=1S/2C17H15N5O7S.Cr/c2*1-9-7-13(16(23)14(8-9)22(25)26)18-19-15-10(2)20-21(17(15)24)11-3-5-12(6-4-11)30(27,28)29;/h3-8,23-24H,1-2H3,(H,27,28,29);3-8,20,23H,1-2H3,(H,27,28,29);/q;;+3/p-3. The number of aromatic amines is 1. The summed E-state index contributed by atoms with van der Waals surface area (Å²) in [6.45, 7) is 6.09. The summed E-state index contributed by atoms with van der Waals surface area (Å²) >= 11 is 0. The number of aryl methyl sites for hydroxylation is 4. The van der Waals surface area contributed by atoms with E-state index in [9.17, 15) is 57.2 Å². The van der Waals surface area contributed by atoms with Crippen molar-refractivity contribution in [2.75, 3.05) is 0 Å². The summed E-state index contributed by atoms with van der Waals surface area (Å²) in [4.78, 5) is 32.2. The molecule has 1 radical (unpaired) electrons. The predicted molar refractivity (Wildman–Crippen MR) is 201 cm³/mol. The van der Waals surface area contributed by atoms with E-state index in [0.717, 1.165) is 45.8 Å². The minimum absolute atomic E-state index is 0. The molecule has 3 N–H and O–H groups in total. The van der Waals surface area contributed by atoms with Crippen molar-refractivity contribution < 1.29 is 68.5 Å². The average molecular weight is 916 g/mol. The van der Waals surface area contributed by atoms with Crippen LogP contribution in [-0.2, 0) is 37.6 Å². The number of rotatable bonds is 10. The minimum Gasteiger partial charge on any atom is -0.866 e. The van der Waals surface area contributed by atoms with Crippen molar-refractivity contribution in [1.82, 2.24) is 19.6 Å².